The third-order valence-electron chi connectivity index (χ3n) is 4.88. The van der Waals surface area contributed by atoms with Crippen LogP contribution < -0.4 is 0 Å². The minimum atomic E-state index is -1.85. The van der Waals surface area contributed by atoms with Crippen LogP contribution >= 0.6 is 0 Å². The van der Waals surface area contributed by atoms with Gasteiger partial charge in [0.25, 0.3) is 0 Å². The van der Waals surface area contributed by atoms with E-state index in [1.165, 1.54) is 0 Å². The van der Waals surface area contributed by atoms with Gasteiger partial charge in [-0.05, 0) is 48.0 Å². The van der Waals surface area contributed by atoms with Crippen molar-refractivity contribution in [2.24, 2.45) is 5.92 Å². The molecule has 0 aromatic heterocycles. The molecule has 1 aliphatic rings. The highest BCUT2D eigenvalue weighted by atomic mass is 28.4. The number of hydrogen-bond acceptors (Lipinski definition) is 2. The summed E-state index contributed by atoms with van der Waals surface area (Å²) < 4.78 is 33.8. The average molecular weight is 314 g/mol. The van der Waals surface area contributed by atoms with E-state index in [0.29, 0.717) is 30.6 Å². The lowest BCUT2D eigenvalue weighted by molar-refractivity contribution is 0.232. The second-order valence-corrected chi connectivity index (χ2v) is 12.3. The molecule has 1 atom stereocenters. The molecule has 0 fully saturated rings. The Labute approximate surface area is 126 Å². The van der Waals surface area contributed by atoms with Gasteiger partial charge in [-0.2, -0.15) is 0 Å². The Morgan fingerprint density at radius 1 is 1.24 bits per heavy atom. The number of fused-ring (bicyclic) bond motifs is 1. The molecule has 0 radical (unpaired) electrons. The first kappa shape index (κ1) is 16.4. The highest BCUT2D eigenvalue weighted by Gasteiger charge is 2.38. The maximum Gasteiger partial charge on any atom is 0.191 e. The molecule has 1 aromatic rings. The minimum absolute atomic E-state index is 0.0833. The number of hydrogen-bond donors (Lipinski definition) is 1. The lowest BCUT2D eigenvalue weighted by Gasteiger charge is -2.37. The van der Waals surface area contributed by atoms with Gasteiger partial charge < -0.3 is 9.53 Å². The molecule has 5 heteroatoms. The van der Waals surface area contributed by atoms with E-state index >= 15 is 0 Å². The number of phenols is 1. The van der Waals surface area contributed by atoms with Crippen molar-refractivity contribution in [2.75, 3.05) is 6.61 Å². The van der Waals surface area contributed by atoms with Gasteiger partial charge >= 0.3 is 0 Å². The van der Waals surface area contributed by atoms with Crippen molar-refractivity contribution in [2.45, 2.75) is 51.7 Å². The molecule has 0 saturated heterocycles. The second kappa shape index (κ2) is 5.36. The van der Waals surface area contributed by atoms with Crippen molar-refractivity contribution < 1.29 is 18.3 Å². The summed E-state index contributed by atoms with van der Waals surface area (Å²) in [7, 11) is -1.85. The zero-order chi connectivity index (χ0) is 16.0. The Hall–Kier alpha value is -0.943. The van der Waals surface area contributed by atoms with Crippen molar-refractivity contribution in [3.05, 3.63) is 28.8 Å². The van der Waals surface area contributed by atoms with Crippen LogP contribution in [0, 0.1) is 17.6 Å². The summed E-state index contributed by atoms with van der Waals surface area (Å²) in [5, 5.41) is 9.50. The first-order valence-electron chi connectivity index (χ1n) is 7.35. The van der Waals surface area contributed by atoms with Crippen LogP contribution in [0.3, 0.4) is 0 Å². The van der Waals surface area contributed by atoms with Crippen LogP contribution in [-0.2, 0) is 17.3 Å². The standard InChI is InChI=1S/C16H24F2O2Si/c1-16(2,3)21(4,5)20-9-10-6-11-12(7-10)15(18)14(19)8-13(11)17/h8,10,19H,6-7,9H2,1-5H3. The Morgan fingerprint density at radius 2 is 1.81 bits per heavy atom. The molecule has 0 aliphatic heterocycles. The Kier molecular flexibility index (Phi) is 4.19. The lowest BCUT2D eigenvalue weighted by atomic mass is 10.1. The largest absolute Gasteiger partial charge is 0.505 e. The van der Waals surface area contributed by atoms with Gasteiger partial charge in [-0.1, -0.05) is 20.8 Å². The van der Waals surface area contributed by atoms with Crippen molar-refractivity contribution >= 4 is 8.32 Å². The van der Waals surface area contributed by atoms with E-state index in [1.807, 2.05) is 0 Å². The average Bonchev–Trinajstić information content (AvgIpc) is 2.77. The molecule has 0 bridgehead atoms. The van der Waals surface area contributed by atoms with Gasteiger partial charge in [0, 0.05) is 12.7 Å². The van der Waals surface area contributed by atoms with Crippen LogP contribution in [-0.4, -0.2) is 20.0 Å². The van der Waals surface area contributed by atoms with Crippen molar-refractivity contribution in [1.82, 2.24) is 0 Å². The van der Waals surface area contributed by atoms with Crippen LogP contribution in [0.2, 0.25) is 18.1 Å². The predicted octanol–water partition coefficient (Wildman–Crippen LogP) is 4.41. The molecular weight excluding hydrogens is 290 g/mol. The van der Waals surface area contributed by atoms with Gasteiger partial charge in [0.1, 0.15) is 5.82 Å². The SMILES string of the molecule is CC(C)(C)[Si](C)(C)OCC1Cc2c(F)cc(O)c(F)c2C1. The second-order valence-electron chi connectivity index (χ2n) is 7.49. The van der Waals surface area contributed by atoms with Gasteiger partial charge in [-0.15, -0.1) is 0 Å². The Morgan fingerprint density at radius 3 is 2.38 bits per heavy atom. The van der Waals surface area contributed by atoms with Crippen molar-refractivity contribution in [3.63, 3.8) is 0 Å². The summed E-state index contributed by atoms with van der Waals surface area (Å²) in [5.41, 5.74) is 0.713. The third-order valence-corrected chi connectivity index (χ3v) is 9.38. The Balaban J connectivity index is 2.08. The highest BCUT2D eigenvalue weighted by Crippen LogP contribution is 2.39. The summed E-state index contributed by atoms with van der Waals surface area (Å²) in [6.45, 7) is 11.4. The summed E-state index contributed by atoms with van der Waals surface area (Å²) in [4.78, 5) is 0. The molecule has 0 spiro atoms. The topological polar surface area (TPSA) is 29.5 Å². The normalized spacial score (nSPS) is 18.9. The van der Waals surface area contributed by atoms with Crippen LogP contribution in [0.15, 0.2) is 6.07 Å². The maximum atomic E-state index is 13.9. The zero-order valence-corrected chi connectivity index (χ0v) is 14.4. The molecule has 1 N–H and O–H groups in total. The van der Waals surface area contributed by atoms with E-state index in [1.54, 1.807) is 0 Å². The fourth-order valence-corrected chi connectivity index (χ4v) is 3.53. The van der Waals surface area contributed by atoms with Crippen LogP contribution in [0.25, 0.3) is 0 Å². The molecule has 0 heterocycles. The van der Waals surface area contributed by atoms with Gasteiger partial charge in [-0.25, -0.2) is 8.78 Å². The predicted molar refractivity (Wildman–Crippen MR) is 82.1 cm³/mol. The van der Waals surface area contributed by atoms with E-state index in [-0.39, 0.29) is 11.0 Å². The van der Waals surface area contributed by atoms with Gasteiger partial charge in [0.15, 0.2) is 19.9 Å². The molecule has 2 nitrogen and oxygen atoms in total. The molecule has 118 valence electrons. The highest BCUT2D eigenvalue weighted by molar-refractivity contribution is 6.74. The van der Waals surface area contributed by atoms with Crippen LogP contribution in [0.5, 0.6) is 5.75 Å². The van der Waals surface area contributed by atoms with E-state index in [4.69, 9.17) is 4.43 Å². The van der Waals surface area contributed by atoms with E-state index in [0.717, 1.165) is 6.07 Å². The smallest absolute Gasteiger partial charge is 0.191 e. The van der Waals surface area contributed by atoms with Crippen molar-refractivity contribution in [3.8, 4) is 5.75 Å². The van der Waals surface area contributed by atoms with Crippen LogP contribution in [0.4, 0.5) is 8.78 Å². The first-order chi connectivity index (χ1) is 9.53. The Bertz CT molecular complexity index is 550. The van der Waals surface area contributed by atoms with Crippen molar-refractivity contribution in [1.29, 1.82) is 0 Å². The fourth-order valence-electron chi connectivity index (χ4n) is 2.45. The first-order valence-corrected chi connectivity index (χ1v) is 10.3. The number of aromatic hydroxyl groups is 1. The molecular formula is C16H24F2O2Si. The quantitative estimate of drug-likeness (QED) is 0.838. The lowest BCUT2D eigenvalue weighted by Crippen LogP contribution is -2.42. The van der Waals surface area contributed by atoms with Crippen LogP contribution in [0.1, 0.15) is 31.9 Å². The number of phenolic OH excluding ortho intramolecular Hbond substituents is 1. The monoisotopic (exact) mass is 314 g/mol. The molecule has 21 heavy (non-hydrogen) atoms. The van der Waals surface area contributed by atoms with E-state index < -0.39 is 25.7 Å². The minimum Gasteiger partial charge on any atom is -0.505 e. The molecule has 2 rings (SSSR count). The number of halogens is 2. The third kappa shape index (κ3) is 3.13. The summed E-state index contributed by atoms with van der Waals surface area (Å²) in [5.74, 6) is -1.71. The molecule has 1 aromatic carbocycles. The van der Waals surface area contributed by atoms with Gasteiger partial charge in [0.05, 0.1) is 0 Å². The van der Waals surface area contributed by atoms with Gasteiger partial charge in [-0.3, -0.25) is 0 Å². The summed E-state index contributed by atoms with van der Waals surface area (Å²) >= 11 is 0. The number of rotatable bonds is 3. The molecule has 0 saturated carbocycles. The summed E-state index contributed by atoms with van der Waals surface area (Å²) in [6, 6.07) is 0.866. The molecule has 1 unspecified atom stereocenters. The maximum absolute atomic E-state index is 13.9. The molecule has 1 aliphatic carbocycles. The van der Waals surface area contributed by atoms with Gasteiger partial charge in [0.2, 0.25) is 0 Å². The zero-order valence-electron chi connectivity index (χ0n) is 13.4. The molecule has 0 amide bonds. The fraction of sp³-hybridized carbons (Fsp3) is 0.625. The van der Waals surface area contributed by atoms with E-state index in [2.05, 4.69) is 33.9 Å². The van der Waals surface area contributed by atoms with E-state index in [9.17, 15) is 13.9 Å². The number of benzene rings is 1. The summed E-state index contributed by atoms with van der Waals surface area (Å²) in [6.07, 6.45) is 0.911.